The van der Waals surface area contributed by atoms with E-state index >= 15 is 0 Å². The van der Waals surface area contributed by atoms with Gasteiger partial charge in [-0.05, 0) is 37.6 Å². The predicted octanol–water partition coefficient (Wildman–Crippen LogP) is 4.40. The first-order valence-corrected chi connectivity index (χ1v) is 9.46. The maximum Gasteiger partial charge on any atom is 0.305 e. The number of carbonyl (C=O) groups is 1. The summed E-state index contributed by atoms with van der Waals surface area (Å²) in [5, 5.41) is 4.74. The maximum atomic E-state index is 11.3. The number of carbonyl (C=O) groups excluding carboxylic acids is 1. The van der Waals surface area contributed by atoms with Crippen molar-refractivity contribution in [1.82, 2.24) is 9.97 Å². The van der Waals surface area contributed by atoms with E-state index in [2.05, 4.69) is 29.1 Å². The van der Waals surface area contributed by atoms with Gasteiger partial charge < -0.3 is 10.1 Å². The Morgan fingerprint density at radius 1 is 1.28 bits per heavy atom. The molecule has 0 bridgehead atoms. The van der Waals surface area contributed by atoms with Crippen molar-refractivity contribution in [3.63, 3.8) is 0 Å². The molecule has 0 fully saturated rings. The van der Waals surface area contributed by atoms with Crippen molar-refractivity contribution in [3.05, 3.63) is 36.5 Å². The predicted molar refractivity (Wildman–Crippen MR) is 103 cm³/mol. The Bertz CT molecular complexity index is 675. The molecule has 6 heteroatoms. The molecular formula is C19H25N3O2S. The normalized spacial score (nSPS) is 10.7. The molecule has 0 spiro atoms. The minimum absolute atomic E-state index is 0.155. The highest BCUT2D eigenvalue weighted by Gasteiger charge is 2.05. The molecule has 0 atom stereocenters. The number of nitrogens with one attached hydrogen (secondary N) is 1. The smallest absolute Gasteiger partial charge is 0.305 e. The van der Waals surface area contributed by atoms with Crippen molar-refractivity contribution >= 4 is 23.5 Å². The van der Waals surface area contributed by atoms with Crippen molar-refractivity contribution in [2.45, 2.75) is 43.9 Å². The third-order valence-electron chi connectivity index (χ3n) is 3.31. The molecular weight excluding hydrogens is 334 g/mol. The fraction of sp³-hybridized carbons (Fsp3) is 0.421. The number of pyridine rings is 2. The number of rotatable bonds is 9. The maximum absolute atomic E-state index is 11.3. The summed E-state index contributed by atoms with van der Waals surface area (Å²) in [7, 11) is 0. The highest BCUT2D eigenvalue weighted by Crippen LogP contribution is 2.24. The van der Waals surface area contributed by atoms with Gasteiger partial charge >= 0.3 is 5.97 Å². The van der Waals surface area contributed by atoms with E-state index < -0.39 is 0 Å². The standard InChI is InChI=1S/C19H25N3O2S/c1-4-24-19(23)9-6-12-20-17-11-10-15(13-21-17)16-7-5-8-18(22-16)25-14(2)3/h5,7-8,10-11,13-14H,4,6,9,12H2,1-3H3,(H,20,21). The molecule has 1 N–H and O–H groups in total. The monoisotopic (exact) mass is 359 g/mol. The minimum atomic E-state index is -0.155. The quantitative estimate of drug-likeness (QED) is 0.407. The molecule has 0 aliphatic carbocycles. The van der Waals surface area contributed by atoms with Gasteiger partial charge in [0.05, 0.1) is 17.3 Å². The highest BCUT2D eigenvalue weighted by atomic mass is 32.2. The van der Waals surface area contributed by atoms with Crippen LogP contribution in [-0.2, 0) is 9.53 Å². The van der Waals surface area contributed by atoms with E-state index in [-0.39, 0.29) is 5.97 Å². The molecule has 0 unspecified atom stereocenters. The number of esters is 1. The van der Waals surface area contributed by atoms with Crippen molar-refractivity contribution in [2.24, 2.45) is 0 Å². The number of anilines is 1. The van der Waals surface area contributed by atoms with Crippen LogP contribution in [0, 0.1) is 0 Å². The van der Waals surface area contributed by atoms with Crippen LogP contribution >= 0.6 is 11.8 Å². The Kier molecular flexibility index (Phi) is 7.73. The SMILES string of the molecule is CCOC(=O)CCCNc1ccc(-c2cccc(SC(C)C)n2)cn1. The van der Waals surface area contributed by atoms with E-state index in [9.17, 15) is 4.79 Å². The van der Waals surface area contributed by atoms with Crippen LogP contribution in [0.2, 0.25) is 0 Å². The molecule has 0 saturated carbocycles. The van der Waals surface area contributed by atoms with E-state index in [1.807, 2.05) is 43.5 Å². The number of aromatic nitrogens is 2. The summed E-state index contributed by atoms with van der Waals surface area (Å²) in [6.45, 7) is 7.24. The number of hydrogen-bond donors (Lipinski definition) is 1. The van der Waals surface area contributed by atoms with Crippen molar-refractivity contribution < 1.29 is 9.53 Å². The first kappa shape index (κ1) is 19.2. The van der Waals surface area contributed by atoms with Gasteiger partial charge in [0, 0.05) is 30.0 Å². The molecule has 134 valence electrons. The topological polar surface area (TPSA) is 64.1 Å². The summed E-state index contributed by atoms with van der Waals surface area (Å²) in [5.41, 5.74) is 1.91. The van der Waals surface area contributed by atoms with Gasteiger partial charge in [-0.15, -0.1) is 11.8 Å². The summed E-state index contributed by atoms with van der Waals surface area (Å²) >= 11 is 1.75. The van der Waals surface area contributed by atoms with Crippen molar-refractivity contribution in [2.75, 3.05) is 18.5 Å². The molecule has 2 aromatic heterocycles. The van der Waals surface area contributed by atoms with E-state index in [1.165, 1.54) is 0 Å². The van der Waals surface area contributed by atoms with Gasteiger partial charge in [0.1, 0.15) is 5.82 Å². The highest BCUT2D eigenvalue weighted by molar-refractivity contribution is 7.99. The van der Waals surface area contributed by atoms with Crippen LogP contribution < -0.4 is 5.32 Å². The lowest BCUT2D eigenvalue weighted by molar-refractivity contribution is -0.143. The van der Waals surface area contributed by atoms with Crippen molar-refractivity contribution in [3.8, 4) is 11.3 Å². The minimum Gasteiger partial charge on any atom is -0.466 e. The Hall–Kier alpha value is -2.08. The number of hydrogen-bond acceptors (Lipinski definition) is 6. The molecule has 0 saturated heterocycles. The van der Waals surface area contributed by atoms with E-state index in [1.54, 1.807) is 11.8 Å². The summed E-state index contributed by atoms with van der Waals surface area (Å²) < 4.78 is 4.90. The second-order valence-electron chi connectivity index (χ2n) is 5.80. The fourth-order valence-electron chi connectivity index (χ4n) is 2.22. The third kappa shape index (κ3) is 6.74. The van der Waals surface area contributed by atoms with Crippen LogP contribution in [0.25, 0.3) is 11.3 Å². The molecule has 0 aromatic carbocycles. The third-order valence-corrected chi connectivity index (χ3v) is 4.25. The van der Waals surface area contributed by atoms with Crippen LogP contribution in [0.4, 0.5) is 5.82 Å². The van der Waals surface area contributed by atoms with Crippen LogP contribution in [0.5, 0.6) is 0 Å². The van der Waals surface area contributed by atoms with E-state index in [4.69, 9.17) is 4.74 Å². The number of thioether (sulfide) groups is 1. The molecule has 0 aliphatic heterocycles. The Morgan fingerprint density at radius 3 is 2.80 bits per heavy atom. The molecule has 2 rings (SSSR count). The summed E-state index contributed by atoms with van der Waals surface area (Å²) in [5.74, 6) is 0.637. The number of nitrogens with zero attached hydrogens (tertiary/aromatic N) is 2. The zero-order valence-corrected chi connectivity index (χ0v) is 15.8. The molecule has 25 heavy (non-hydrogen) atoms. The van der Waals surface area contributed by atoms with Crippen LogP contribution in [0.15, 0.2) is 41.6 Å². The zero-order valence-electron chi connectivity index (χ0n) is 15.0. The largest absolute Gasteiger partial charge is 0.466 e. The molecule has 2 aromatic rings. The van der Waals surface area contributed by atoms with E-state index in [0.29, 0.717) is 24.8 Å². The van der Waals surface area contributed by atoms with Gasteiger partial charge in [-0.2, -0.15) is 0 Å². The zero-order chi connectivity index (χ0) is 18.1. The van der Waals surface area contributed by atoms with Crippen molar-refractivity contribution in [1.29, 1.82) is 0 Å². The molecule has 5 nitrogen and oxygen atoms in total. The Labute approximate surface area is 153 Å². The number of ether oxygens (including phenoxy) is 1. The van der Waals surface area contributed by atoms with Gasteiger partial charge in [0.25, 0.3) is 0 Å². The van der Waals surface area contributed by atoms with Crippen LogP contribution in [0.3, 0.4) is 0 Å². The summed E-state index contributed by atoms with van der Waals surface area (Å²) in [4.78, 5) is 20.4. The van der Waals surface area contributed by atoms with Gasteiger partial charge in [0.2, 0.25) is 0 Å². The second-order valence-corrected chi connectivity index (χ2v) is 7.39. The molecule has 0 aliphatic rings. The van der Waals surface area contributed by atoms with Gasteiger partial charge in [0.15, 0.2) is 0 Å². The lowest BCUT2D eigenvalue weighted by Crippen LogP contribution is -2.08. The molecule has 2 heterocycles. The average Bonchev–Trinajstić information content (AvgIpc) is 2.59. The summed E-state index contributed by atoms with van der Waals surface area (Å²) in [6.07, 6.45) is 2.96. The van der Waals surface area contributed by atoms with Crippen LogP contribution in [-0.4, -0.2) is 34.3 Å². The van der Waals surface area contributed by atoms with E-state index in [0.717, 1.165) is 28.5 Å². The Morgan fingerprint density at radius 2 is 2.12 bits per heavy atom. The average molecular weight is 359 g/mol. The Balaban J connectivity index is 1.88. The molecule has 0 amide bonds. The van der Waals surface area contributed by atoms with Gasteiger partial charge in [-0.1, -0.05) is 19.9 Å². The fourth-order valence-corrected chi connectivity index (χ4v) is 3.01. The first-order valence-electron chi connectivity index (χ1n) is 8.58. The lowest BCUT2D eigenvalue weighted by Gasteiger charge is -2.08. The second kappa shape index (κ2) is 10.0. The van der Waals surface area contributed by atoms with Gasteiger partial charge in [-0.25, -0.2) is 9.97 Å². The van der Waals surface area contributed by atoms with Crippen LogP contribution in [0.1, 0.15) is 33.6 Å². The van der Waals surface area contributed by atoms with Gasteiger partial charge in [-0.3, -0.25) is 4.79 Å². The lowest BCUT2D eigenvalue weighted by atomic mass is 10.2. The summed E-state index contributed by atoms with van der Waals surface area (Å²) in [6, 6.07) is 9.99. The first-order chi connectivity index (χ1) is 12.1. The molecule has 0 radical (unpaired) electrons.